The molecule has 1 atom stereocenters. The molecule has 2 aromatic carbocycles. The summed E-state index contributed by atoms with van der Waals surface area (Å²) in [5.41, 5.74) is 4.55. The van der Waals surface area contributed by atoms with E-state index in [1.165, 1.54) is 29.5 Å². The van der Waals surface area contributed by atoms with Crippen molar-refractivity contribution in [3.05, 3.63) is 89.2 Å². The number of methoxy groups -OCH3 is 1. The molecule has 0 radical (unpaired) electrons. The molecule has 1 aromatic heterocycles. The zero-order valence-corrected chi connectivity index (χ0v) is 17.5. The number of hydrogen-bond acceptors (Lipinski definition) is 4. The van der Waals surface area contributed by atoms with Gasteiger partial charge in [0, 0.05) is 18.3 Å². The van der Waals surface area contributed by atoms with Crippen molar-refractivity contribution in [3.63, 3.8) is 0 Å². The highest BCUT2D eigenvalue weighted by molar-refractivity contribution is 5.47. The maximum atomic E-state index is 9.41. The molecular formula is C26H29NO3. The van der Waals surface area contributed by atoms with Gasteiger partial charge in [0.05, 0.1) is 19.8 Å². The fourth-order valence-corrected chi connectivity index (χ4v) is 4.23. The van der Waals surface area contributed by atoms with E-state index < -0.39 is 0 Å². The van der Waals surface area contributed by atoms with E-state index in [-0.39, 0.29) is 18.6 Å². The second-order valence-electron chi connectivity index (χ2n) is 7.95. The van der Waals surface area contributed by atoms with Gasteiger partial charge in [-0.2, -0.15) is 0 Å². The minimum Gasteiger partial charge on any atom is -0.493 e. The number of rotatable bonds is 8. The molecule has 0 saturated heterocycles. The molecule has 1 N–H and O–H groups in total. The quantitative estimate of drug-likeness (QED) is 0.556. The van der Waals surface area contributed by atoms with E-state index in [4.69, 9.17) is 9.47 Å². The first-order chi connectivity index (χ1) is 14.8. The minimum absolute atomic E-state index is 0.0528. The Morgan fingerprint density at radius 1 is 0.900 bits per heavy atom. The zero-order valence-electron chi connectivity index (χ0n) is 17.5. The summed E-state index contributed by atoms with van der Waals surface area (Å²) in [6.45, 7) is 0.0528. The lowest BCUT2D eigenvalue weighted by Gasteiger charge is -2.22. The maximum absolute atomic E-state index is 9.41. The van der Waals surface area contributed by atoms with Crippen molar-refractivity contribution < 1.29 is 14.6 Å². The first kappa shape index (κ1) is 20.4. The number of nitrogens with zero attached hydrogens (tertiary/aromatic N) is 1. The molecule has 1 heterocycles. The molecule has 1 saturated carbocycles. The van der Waals surface area contributed by atoms with E-state index in [1.54, 1.807) is 7.11 Å². The van der Waals surface area contributed by atoms with Crippen molar-refractivity contribution in [3.8, 4) is 11.5 Å². The van der Waals surface area contributed by atoms with Crippen LogP contribution >= 0.6 is 0 Å². The molecule has 30 heavy (non-hydrogen) atoms. The molecule has 0 bridgehead atoms. The molecule has 4 heteroatoms. The smallest absolute Gasteiger partial charge is 0.161 e. The number of ether oxygens (including phenoxy) is 2. The van der Waals surface area contributed by atoms with Gasteiger partial charge in [-0.25, -0.2) is 0 Å². The Balaban J connectivity index is 1.69. The molecule has 0 amide bonds. The highest BCUT2D eigenvalue weighted by Crippen LogP contribution is 2.37. The Hall–Kier alpha value is -2.85. The van der Waals surface area contributed by atoms with Crippen LogP contribution in [0.15, 0.2) is 67.0 Å². The number of aliphatic hydroxyl groups is 1. The van der Waals surface area contributed by atoms with Crippen LogP contribution in [0.1, 0.15) is 53.9 Å². The zero-order chi connectivity index (χ0) is 20.8. The summed E-state index contributed by atoms with van der Waals surface area (Å²) in [5, 5.41) is 9.41. The van der Waals surface area contributed by atoms with Gasteiger partial charge in [-0.05, 0) is 78.6 Å². The van der Waals surface area contributed by atoms with E-state index >= 15 is 0 Å². The Morgan fingerprint density at radius 2 is 1.60 bits per heavy atom. The van der Waals surface area contributed by atoms with Crippen molar-refractivity contribution in [2.75, 3.05) is 7.11 Å². The summed E-state index contributed by atoms with van der Waals surface area (Å²) in [6.07, 6.45) is 9.48. The second kappa shape index (κ2) is 9.77. The third-order valence-electron chi connectivity index (χ3n) is 5.94. The van der Waals surface area contributed by atoms with E-state index in [2.05, 4.69) is 41.4 Å². The van der Waals surface area contributed by atoms with Gasteiger partial charge in [-0.15, -0.1) is 0 Å². The highest BCUT2D eigenvalue weighted by Gasteiger charge is 2.21. The number of hydrogen-bond donors (Lipinski definition) is 1. The van der Waals surface area contributed by atoms with E-state index in [1.807, 2.05) is 30.6 Å². The van der Waals surface area contributed by atoms with Crippen LogP contribution in [-0.2, 0) is 13.0 Å². The fraction of sp³-hybridized carbons (Fsp3) is 0.346. The molecule has 3 aromatic rings. The fourth-order valence-electron chi connectivity index (χ4n) is 4.23. The summed E-state index contributed by atoms with van der Waals surface area (Å²) in [4.78, 5) is 4.15. The number of aliphatic hydroxyl groups excluding tert-OH is 1. The molecule has 1 unspecified atom stereocenters. The summed E-state index contributed by atoms with van der Waals surface area (Å²) < 4.78 is 11.9. The van der Waals surface area contributed by atoms with Gasteiger partial charge in [0.1, 0.15) is 0 Å². The number of benzene rings is 2. The van der Waals surface area contributed by atoms with E-state index in [9.17, 15) is 5.11 Å². The molecule has 0 aliphatic heterocycles. The average Bonchev–Trinajstić information content (AvgIpc) is 3.31. The lowest BCUT2D eigenvalue weighted by Crippen LogP contribution is -2.12. The van der Waals surface area contributed by atoms with Crippen LogP contribution in [0.4, 0.5) is 0 Å². The van der Waals surface area contributed by atoms with Gasteiger partial charge >= 0.3 is 0 Å². The van der Waals surface area contributed by atoms with Crippen LogP contribution in [0.25, 0.3) is 0 Å². The minimum atomic E-state index is 0.0528. The predicted octanol–water partition coefficient (Wildman–Crippen LogP) is 5.28. The predicted molar refractivity (Wildman–Crippen MR) is 118 cm³/mol. The molecular weight excluding hydrogens is 374 g/mol. The monoisotopic (exact) mass is 403 g/mol. The van der Waals surface area contributed by atoms with Crippen LogP contribution < -0.4 is 9.47 Å². The second-order valence-corrected chi connectivity index (χ2v) is 7.95. The summed E-state index contributed by atoms with van der Waals surface area (Å²) >= 11 is 0. The van der Waals surface area contributed by atoms with Crippen molar-refractivity contribution >= 4 is 0 Å². The van der Waals surface area contributed by atoms with Crippen LogP contribution in [-0.4, -0.2) is 23.3 Å². The molecule has 1 fully saturated rings. The lowest BCUT2D eigenvalue weighted by molar-refractivity contribution is 0.200. The highest BCUT2D eigenvalue weighted by atomic mass is 16.5. The van der Waals surface area contributed by atoms with Gasteiger partial charge in [-0.3, -0.25) is 4.98 Å². The van der Waals surface area contributed by atoms with Crippen LogP contribution in [0.2, 0.25) is 0 Å². The third-order valence-corrected chi connectivity index (χ3v) is 5.94. The average molecular weight is 404 g/mol. The number of pyridine rings is 1. The molecule has 156 valence electrons. The van der Waals surface area contributed by atoms with Gasteiger partial charge in [0.25, 0.3) is 0 Å². The first-order valence-electron chi connectivity index (χ1n) is 10.7. The SMILES string of the molecule is COc1ccc(C(Cc2ccncc2)c2ccc(CO)cc2)cc1OC1CCCC1. The van der Waals surface area contributed by atoms with E-state index in [0.29, 0.717) is 0 Å². The van der Waals surface area contributed by atoms with Crippen molar-refractivity contribution in [2.45, 2.75) is 50.7 Å². The van der Waals surface area contributed by atoms with Crippen molar-refractivity contribution in [1.82, 2.24) is 4.98 Å². The van der Waals surface area contributed by atoms with E-state index in [0.717, 1.165) is 36.3 Å². The van der Waals surface area contributed by atoms with Crippen LogP contribution in [0.5, 0.6) is 11.5 Å². The standard InChI is InChI=1S/C26H29NO3/c1-29-25-11-10-22(17-26(25)30-23-4-2-3-5-23)24(16-19-12-14-27-15-13-19)21-8-6-20(18-28)7-9-21/h6-15,17,23-24,28H,2-5,16,18H2,1H3. The maximum Gasteiger partial charge on any atom is 0.161 e. The topological polar surface area (TPSA) is 51.6 Å². The largest absolute Gasteiger partial charge is 0.493 e. The molecule has 1 aliphatic carbocycles. The summed E-state index contributed by atoms with van der Waals surface area (Å²) in [6, 6.07) is 18.6. The Kier molecular flexibility index (Phi) is 6.65. The van der Waals surface area contributed by atoms with Crippen LogP contribution in [0, 0.1) is 0 Å². The first-order valence-corrected chi connectivity index (χ1v) is 10.7. The molecule has 0 spiro atoms. The molecule has 4 rings (SSSR count). The Morgan fingerprint density at radius 3 is 2.27 bits per heavy atom. The van der Waals surface area contributed by atoms with Gasteiger partial charge in [-0.1, -0.05) is 30.3 Å². The van der Waals surface area contributed by atoms with Gasteiger partial charge in [0.2, 0.25) is 0 Å². The Labute approximate surface area is 178 Å². The van der Waals surface area contributed by atoms with Crippen molar-refractivity contribution in [1.29, 1.82) is 0 Å². The normalized spacial score (nSPS) is 15.1. The Bertz CT molecular complexity index is 934. The third kappa shape index (κ3) is 4.82. The summed E-state index contributed by atoms with van der Waals surface area (Å²) in [7, 11) is 1.69. The van der Waals surface area contributed by atoms with Crippen molar-refractivity contribution in [2.24, 2.45) is 0 Å². The molecule has 4 nitrogen and oxygen atoms in total. The lowest BCUT2D eigenvalue weighted by atomic mass is 9.85. The molecule has 1 aliphatic rings. The van der Waals surface area contributed by atoms with Gasteiger partial charge in [0.15, 0.2) is 11.5 Å². The van der Waals surface area contributed by atoms with Crippen LogP contribution in [0.3, 0.4) is 0 Å². The summed E-state index contributed by atoms with van der Waals surface area (Å²) in [5.74, 6) is 1.77. The number of aromatic nitrogens is 1. The van der Waals surface area contributed by atoms with Gasteiger partial charge < -0.3 is 14.6 Å².